The highest BCUT2D eigenvalue weighted by atomic mass is 127. The quantitative estimate of drug-likeness (QED) is 0.699. The predicted molar refractivity (Wildman–Crippen MR) is 62.0 cm³/mol. The Bertz CT molecular complexity index is 470. The van der Waals surface area contributed by atoms with E-state index in [9.17, 15) is 0 Å². The lowest BCUT2D eigenvalue weighted by Crippen LogP contribution is -1.90. The van der Waals surface area contributed by atoms with Crippen molar-refractivity contribution in [3.05, 3.63) is 32.5 Å². The smallest absolute Gasteiger partial charge is 0.143 e. The van der Waals surface area contributed by atoms with E-state index in [2.05, 4.69) is 32.8 Å². The molecule has 0 aliphatic carbocycles. The van der Waals surface area contributed by atoms with E-state index in [-0.39, 0.29) is 0 Å². The van der Waals surface area contributed by atoms with Gasteiger partial charge >= 0.3 is 0 Å². The third-order valence-electron chi connectivity index (χ3n) is 1.82. The van der Waals surface area contributed by atoms with Crippen LogP contribution in [0.15, 0.2) is 18.2 Å². The fourth-order valence-electron chi connectivity index (χ4n) is 1.16. The van der Waals surface area contributed by atoms with Crippen LogP contribution in [0.4, 0.5) is 0 Å². The second kappa shape index (κ2) is 3.38. The van der Waals surface area contributed by atoms with Crippen LogP contribution in [-0.4, -0.2) is 10.2 Å². The second-order valence-electron chi connectivity index (χ2n) is 2.83. The Morgan fingerprint density at radius 2 is 2.08 bits per heavy atom. The lowest BCUT2D eigenvalue weighted by Gasteiger charge is -2.00. The van der Waals surface area contributed by atoms with Gasteiger partial charge in [-0.2, -0.15) is 0 Å². The first-order valence-electron chi connectivity index (χ1n) is 3.76. The summed E-state index contributed by atoms with van der Waals surface area (Å²) in [6.07, 6.45) is 0. The molecular formula is C9H6ClIN2. The van der Waals surface area contributed by atoms with Gasteiger partial charge < -0.3 is 0 Å². The third kappa shape index (κ3) is 1.62. The van der Waals surface area contributed by atoms with Crippen molar-refractivity contribution in [2.75, 3.05) is 0 Å². The maximum atomic E-state index is 6.07. The Morgan fingerprint density at radius 1 is 1.31 bits per heavy atom. The van der Waals surface area contributed by atoms with Gasteiger partial charge in [-0.1, -0.05) is 23.7 Å². The van der Waals surface area contributed by atoms with Crippen molar-refractivity contribution in [1.29, 1.82) is 0 Å². The Balaban J connectivity index is 2.87. The maximum absolute atomic E-state index is 6.07. The van der Waals surface area contributed by atoms with Crippen LogP contribution in [0.1, 0.15) is 5.56 Å². The van der Waals surface area contributed by atoms with E-state index in [0.717, 1.165) is 14.6 Å². The summed E-state index contributed by atoms with van der Waals surface area (Å²) in [6, 6.07) is 5.97. The van der Waals surface area contributed by atoms with Crippen molar-refractivity contribution < 1.29 is 0 Å². The lowest BCUT2D eigenvalue weighted by molar-refractivity contribution is 1.04. The fourth-order valence-corrected chi connectivity index (χ4v) is 1.76. The second-order valence-corrected chi connectivity index (χ2v) is 4.23. The van der Waals surface area contributed by atoms with Gasteiger partial charge in [0.05, 0.1) is 10.5 Å². The van der Waals surface area contributed by atoms with Gasteiger partial charge in [-0.15, -0.1) is 10.2 Å². The van der Waals surface area contributed by atoms with E-state index >= 15 is 0 Å². The normalized spacial score (nSPS) is 10.7. The first-order chi connectivity index (χ1) is 6.18. The number of fused-ring (bicyclic) bond motifs is 1. The molecule has 0 unspecified atom stereocenters. The summed E-state index contributed by atoms with van der Waals surface area (Å²) in [6.45, 7) is 2.02. The van der Waals surface area contributed by atoms with Crippen LogP contribution in [0.25, 0.3) is 10.9 Å². The van der Waals surface area contributed by atoms with Gasteiger partial charge in [0.25, 0.3) is 0 Å². The van der Waals surface area contributed by atoms with E-state index in [1.165, 1.54) is 5.56 Å². The minimum atomic E-state index is 0.686. The first kappa shape index (κ1) is 9.15. The van der Waals surface area contributed by atoms with Crippen LogP contribution in [-0.2, 0) is 0 Å². The molecule has 2 aromatic rings. The minimum absolute atomic E-state index is 0.686. The number of aryl methyl sites for hydroxylation is 1. The van der Waals surface area contributed by atoms with Gasteiger partial charge in [0.2, 0.25) is 0 Å². The monoisotopic (exact) mass is 304 g/mol. The standard InChI is InChI=1S/C9H6ClIN2/c1-5-2-3-6-7(4-5)12-13-9(11)8(6)10/h2-4H,1H3. The fraction of sp³-hybridized carbons (Fsp3) is 0.111. The first-order valence-corrected chi connectivity index (χ1v) is 5.22. The van der Waals surface area contributed by atoms with Gasteiger partial charge in [-0.25, -0.2) is 0 Å². The molecule has 2 nitrogen and oxygen atoms in total. The average molecular weight is 305 g/mol. The Hall–Kier alpha value is -0.420. The maximum Gasteiger partial charge on any atom is 0.143 e. The van der Waals surface area contributed by atoms with Crippen molar-refractivity contribution >= 4 is 45.1 Å². The number of nitrogens with zero attached hydrogens (tertiary/aromatic N) is 2. The van der Waals surface area contributed by atoms with Crippen LogP contribution < -0.4 is 0 Å². The van der Waals surface area contributed by atoms with E-state index < -0.39 is 0 Å². The minimum Gasteiger partial charge on any atom is -0.149 e. The molecule has 0 aliphatic rings. The molecule has 0 N–H and O–H groups in total. The van der Waals surface area contributed by atoms with E-state index in [1.54, 1.807) is 0 Å². The molecule has 66 valence electrons. The highest BCUT2D eigenvalue weighted by Gasteiger charge is 2.05. The van der Waals surface area contributed by atoms with Gasteiger partial charge in [0.15, 0.2) is 0 Å². The molecule has 1 heterocycles. The van der Waals surface area contributed by atoms with Gasteiger partial charge in [-0.05, 0) is 41.1 Å². The van der Waals surface area contributed by atoms with E-state index in [1.807, 2.05) is 25.1 Å². The van der Waals surface area contributed by atoms with Crippen molar-refractivity contribution in [2.24, 2.45) is 0 Å². The highest BCUT2D eigenvalue weighted by Crippen LogP contribution is 2.25. The van der Waals surface area contributed by atoms with Gasteiger partial charge in [0, 0.05) is 5.39 Å². The lowest BCUT2D eigenvalue weighted by atomic mass is 10.2. The molecule has 0 radical (unpaired) electrons. The number of rotatable bonds is 0. The molecule has 1 aromatic heterocycles. The van der Waals surface area contributed by atoms with E-state index in [4.69, 9.17) is 11.6 Å². The summed E-state index contributed by atoms with van der Waals surface area (Å²) in [5.74, 6) is 0. The summed E-state index contributed by atoms with van der Waals surface area (Å²) < 4.78 is 0.746. The molecule has 13 heavy (non-hydrogen) atoms. The van der Waals surface area contributed by atoms with Gasteiger partial charge in [0.1, 0.15) is 3.70 Å². The Labute approximate surface area is 94.5 Å². The largest absolute Gasteiger partial charge is 0.149 e. The topological polar surface area (TPSA) is 25.8 Å². The molecule has 0 saturated heterocycles. The molecular weight excluding hydrogens is 298 g/mol. The SMILES string of the molecule is Cc1ccc2c(Cl)c(I)nnc2c1. The molecule has 1 aromatic carbocycles. The van der Waals surface area contributed by atoms with Crippen molar-refractivity contribution in [3.63, 3.8) is 0 Å². The molecule has 0 spiro atoms. The number of aromatic nitrogens is 2. The zero-order chi connectivity index (χ0) is 9.42. The van der Waals surface area contributed by atoms with Crippen molar-refractivity contribution in [1.82, 2.24) is 10.2 Å². The molecule has 4 heteroatoms. The summed E-state index contributed by atoms with van der Waals surface area (Å²) in [5, 5.41) is 9.66. The van der Waals surface area contributed by atoms with Crippen LogP contribution >= 0.6 is 34.2 Å². The molecule has 0 fully saturated rings. The number of halogens is 2. The Morgan fingerprint density at radius 3 is 2.85 bits per heavy atom. The third-order valence-corrected chi connectivity index (χ3v) is 3.27. The predicted octanol–water partition coefficient (Wildman–Crippen LogP) is 3.20. The highest BCUT2D eigenvalue weighted by molar-refractivity contribution is 14.1. The summed E-state index contributed by atoms with van der Waals surface area (Å²) in [5.41, 5.74) is 2.02. The molecule has 0 atom stereocenters. The summed E-state index contributed by atoms with van der Waals surface area (Å²) in [4.78, 5) is 0. The molecule has 2 rings (SSSR count). The van der Waals surface area contributed by atoms with E-state index in [0.29, 0.717) is 5.02 Å². The van der Waals surface area contributed by atoms with Crippen LogP contribution in [0.2, 0.25) is 5.02 Å². The number of hydrogen-bond donors (Lipinski definition) is 0. The van der Waals surface area contributed by atoms with Gasteiger partial charge in [-0.3, -0.25) is 0 Å². The Kier molecular flexibility index (Phi) is 2.38. The number of hydrogen-bond acceptors (Lipinski definition) is 2. The van der Waals surface area contributed by atoms with Crippen LogP contribution in [0.5, 0.6) is 0 Å². The van der Waals surface area contributed by atoms with Crippen molar-refractivity contribution in [3.8, 4) is 0 Å². The molecule has 0 saturated carbocycles. The molecule has 0 amide bonds. The van der Waals surface area contributed by atoms with Crippen LogP contribution in [0, 0.1) is 10.6 Å². The summed E-state index contributed by atoms with van der Waals surface area (Å²) >= 11 is 8.14. The molecule has 0 aliphatic heterocycles. The van der Waals surface area contributed by atoms with Crippen LogP contribution in [0.3, 0.4) is 0 Å². The van der Waals surface area contributed by atoms with Crippen molar-refractivity contribution in [2.45, 2.75) is 6.92 Å². The zero-order valence-corrected chi connectivity index (χ0v) is 9.80. The average Bonchev–Trinajstić information content (AvgIpc) is 2.12. The number of benzene rings is 1. The summed E-state index contributed by atoms with van der Waals surface area (Å²) in [7, 11) is 0. The molecule has 0 bridgehead atoms. The zero-order valence-electron chi connectivity index (χ0n) is 6.88.